The molecule has 11 heavy (non-hydrogen) atoms. The van der Waals surface area contributed by atoms with Gasteiger partial charge in [0.25, 0.3) is 0 Å². The zero-order chi connectivity index (χ0) is 8.10. The lowest BCUT2D eigenvalue weighted by Crippen LogP contribution is -1.84. The molecule has 0 bridgehead atoms. The number of halogens is 1. The molecule has 0 aliphatic carbocycles. The molecule has 0 saturated heterocycles. The van der Waals surface area contributed by atoms with Gasteiger partial charge in [0.2, 0.25) is 0 Å². The van der Waals surface area contributed by atoms with E-state index in [9.17, 15) is 0 Å². The Kier molecular flexibility index (Phi) is 3.59. The van der Waals surface area contributed by atoms with Crippen LogP contribution in [0.25, 0.3) is 6.08 Å². The maximum Gasteiger partial charge on any atom is 0.151 e. The molecule has 1 aromatic heterocycles. The second kappa shape index (κ2) is 4.51. The molecule has 0 unspecified atom stereocenters. The van der Waals surface area contributed by atoms with Crippen LogP contribution in [-0.2, 0) is 0 Å². The Labute approximate surface area is 79.3 Å². The smallest absolute Gasteiger partial charge is 0.151 e. The van der Waals surface area contributed by atoms with E-state index in [0.717, 1.165) is 4.47 Å². The Bertz CT molecular complexity index is 245. The summed E-state index contributed by atoms with van der Waals surface area (Å²) in [6.45, 7) is 0. The lowest BCUT2D eigenvalue weighted by atomic mass is 10.5. The van der Waals surface area contributed by atoms with Gasteiger partial charge < -0.3 is 0 Å². The van der Waals surface area contributed by atoms with Gasteiger partial charge in [0.1, 0.15) is 0 Å². The summed E-state index contributed by atoms with van der Waals surface area (Å²) in [6, 6.07) is 0. The first-order valence-electron chi connectivity index (χ1n) is 3.08. The van der Waals surface area contributed by atoms with Gasteiger partial charge in [-0.3, -0.25) is 0 Å². The van der Waals surface area contributed by atoms with E-state index in [1.165, 1.54) is 0 Å². The lowest BCUT2D eigenvalue weighted by Gasteiger charge is -1.90. The highest BCUT2D eigenvalue weighted by Crippen LogP contribution is 2.04. The number of nitrogens with zero attached hydrogens (tertiary/aromatic N) is 2. The van der Waals surface area contributed by atoms with Crippen molar-refractivity contribution in [3.63, 3.8) is 0 Å². The monoisotopic (exact) mass is 230 g/mol. The fourth-order valence-electron chi connectivity index (χ4n) is 0.566. The van der Waals surface area contributed by atoms with E-state index < -0.39 is 0 Å². The predicted molar refractivity (Wildman–Crippen MR) is 52.6 cm³/mol. The average Bonchev–Trinajstić information content (AvgIpc) is 2.04. The van der Waals surface area contributed by atoms with Crippen molar-refractivity contribution in [3.8, 4) is 0 Å². The molecule has 0 saturated carbocycles. The molecule has 58 valence electrons. The molecule has 0 amide bonds. The molecule has 0 N–H and O–H groups in total. The summed E-state index contributed by atoms with van der Waals surface area (Å²) >= 11 is 7.27. The molecule has 0 fully saturated rings. The highest BCUT2D eigenvalue weighted by molar-refractivity contribution is 9.10. The van der Waals surface area contributed by atoms with Crippen LogP contribution in [0, 0.1) is 0 Å². The van der Waals surface area contributed by atoms with Crippen LogP contribution in [0.1, 0.15) is 5.82 Å². The van der Waals surface area contributed by atoms with Gasteiger partial charge in [-0.25, -0.2) is 9.97 Å². The number of hydrogen-bond donors (Lipinski definition) is 1. The van der Waals surface area contributed by atoms with Gasteiger partial charge in [-0.15, -0.1) is 0 Å². The molecule has 0 spiro atoms. The van der Waals surface area contributed by atoms with Crippen LogP contribution in [0.4, 0.5) is 0 Å². The summed E-state index contributed by atoms with van der Waals surface area (Å²) in [4.78, 5) is 8.07. The zero-order valence-corrected chi connectivity index (χ0v) is 8.22. The van der Waals surface area contributed by atoms with Crippen molar-refractivity contribution in [1.82, 2.24) is 9.97 Å². The van der Waals surface area contributed by atoms with E-state index in [1.54, 1.807) is 12.4 Å². The molecule has 1 heterocycles. The SMILES string of the molecule is SCC=Cc1ncc(Br)cn1. The molecule has 1 rings (SSSR count). The van der Waals surface area contributed by atoms with E-state index in [1.807, 2.05) is 12.2 Å². The third-order valence-electron chi connectivity index (χ3n) is 1.01. The number of hydrogen-bond acceptors (Lipinski definition) is 3. The summed E-state index contributed by atoms with van der Waals surface area (Å²) in [5.74, 6) is 1.42. The van der Waals surface area contributed by atoms with Crippen LogP contribution >= 0.6 is 28.6 Å². The molecule has 4 heteroatoms. The van der Waals surface area contributed by atoms with Crippen LogP contribution in [-0.4, -0.2) is 15.7 Å². The molecule has 0 aromatic carbocycles. The van der Waals surface area contributed by atoms with Gasteiger partial charge in [-0.2, -0.15) is 12.6 Å². The average molecular weight is 231 g/mol. The topological polar surface area (TPSA) is 25.8 Å². The highest BCUT2D eigenvalue weighted by Gasteiger charge is 1.88. The fourth-order valence-corrected chi connectivity index (χ4v) is 0.877. The Morgan fingerprint density at radius 1 is 1.45 bits per heavy atom. The van der Waals surface area contributed by atoms with Gasteiger partial charge >= 0.3 is 0 Å². The summed E-state index contributed by atoms with van der Waals surface area (Å²) < 4.78 is 0.889. The third kappa shape index (κ3) is 3.03. The second-order valence-corrected chi connectivity index (χ2v) is 3.13. The van der Waals surface area contributed by atoms with Crippen molar-refractivity contribution in [2.24, 2.45) is 0 Å². The minimum absolute atomic E-state index is 0.708. The molecule has 0 aliphatic rings. The van der Waals surface area contributed by atoms with Crippen LogP contribution in [0.2, 0.25) is 0 Å². The van der Waals surface area contributed by atoms with Crippen molar-refractivity contribution in [2.45, 2.75) is 0 Å². The van der Waals surface area contributed by atoms with Crippen LogP contribution in [0.3, 0.4) is 0 Å². The first kappa shape index (κ1) is 8.74. The minimum atomic E-state index is 0.708. The predicted octanol–water partition coefficient (Wildman–Crippen LogP) is 2.18. The first-order chi connectivity index (χ1) is 5.33. The van der Waals surface area contributed by atoms with Crippen LogP contribution < -0.4 is 0 Å². The molecule has 0 atom stereocenters. The van der Waals surface area contributed by atoms with Gasteiger partial charge in [-0.05, 0) is 22.0 Å². The number of aromatic nitrogens is 2. The molecular formula is C7H7BrN2S. The molecule has 0 radical (unpaired) electrons. The first-order valence-corrected chi connectivity index (χ1v) is 4.50. The van der Waals surface area contributed by atoms with Crippen molar-refractivity contribution < 1.29 is 0 Å². The van der Waals surface area contributed by atoms with E-state index in [0.29, 0.717) is 11.6 Å². The van der Waals surface area contributed by atoms with E-state index in [4.69, 9.17) is 0 Å². The normalized spacial score (nSPS) is 10.7. The Morgan fingerprint density at radius 3 is 2.64 bits per heavy atom. The summed E-state index contributed by atoms with van der Waals surface area (Å²) in [6.07, 6.45) is 7.15. The largest absolute Gasteiger partial charge is 0.236 e. The Hall–Kier alpha value is -0.350. The summed E-state index contributed by atoms with van der Waals surface area (Å²) in [5.41, 5.74) is 0. The quantitative estimate of drug-likeness (QED) is 0.789. The van der Waals surface area contributed by atoms with Crippen molar-refractivity contribution in [3.05, 3.63) is 28.8 Å². The molecule has 0 aliphatic heterocycles. The van der Waals surface area contributed by atoms with E-state index in [2.05, 4.69) is 38.5 Å². The van der Waals surface area contributed by atoms with E-state index in [-0.39, 0.29) is 0 Å². The second-order valence-electron chi connectivity index (χ2n) is 1.84. The summed E-state index contributed by atoms with van der Waals surface area (Å²) in [7, 11) is 0. The summed E-state index contributed by atoms with van der Waals surface area (Å²) in [5, 5.41) is 0. The maximum atomic E-state index is 4.04. The van der Waals surface area contributed by atoms with E-state index >= 15 is 0 Å². The lowest BCUT2D eigenvalue weighted by molar-refractivity contribution is 1.12. The van der Waals surface area contributed by atoms with Crippen LogP contribution in [0.5, 0.6) is 0 Å². The standard InChI is InChI=1S/C7H7BrN2S/c8-6-4-9-7(10-5-6)2-1-3-11/h1-2,4-5,11H,3H2. The van der Waals surface area contributed by atoms with Crippen molar-refractivity contribution in [1.29, 1.82) is 0 Å². The third-order valence-corrected chi connectivity index (χ3v) is 1.63. The number of thiol groups is 1. The fraction of sp³-hybridized carbons (Fsp3) is 0.143. The molecule has 2 nitrogen and oxygen atoms in total. The minimum Gasteiger partial charge on any atom is -0.236 e. The molecule has 1 aromatic rings. The van der Waals surface area contributed by atoms with Gasteiger partial charge in [0.05, 0.1) is 4.47 Å². The number of rotatable bonds is 2. The van der Waals surface area contributed by atoms with Crippen LogP contribution in [0.15, 0.2) is 22.9 Å². The van der Waals surface area contributed by atoms with Gasteiger partial charge in [0, 0.05) is 18.1 Å². The molecular weight excluding hydrogens is 224 g/mol. The van der Waals surface area contributed by atoms with Crippen molar-refractivity contribution >= 4 is 34.6 Å². The van der Waals surface area contributed by atoms with Crippen molar-refractivity contribution in [2.75, 3.05) is 5.75 Å². The highest BCUT2D eigenvalue weighted by atomic mass is 79.9. The zero-order valence-electron chi connectivity index (χ0n) is 5.74. The van der Waals surface area contributed by atoms with Gasteiger partial charge in [-0.1, -0.05) is 6.08 Å². The maximum absolute atomic E-state index is 4.04. The van der Waals surface area contributed by atoms with Gasteiger partial charge in [0.15, 0.2) is 5.82 Å². The Morgan fingerprint density at radius 2 is 2.09 bits per heavy atom. The Balaban J connectivity index is 2.73.